The molecule has 0 aliphatic carbocycles. The number of benzene rings is 1. The van der Waals surface area contributed by atoms with Gasteiger partial charge in [0.2, 0.25) is 5.91 Å². The number of anilines is 2. The van der Waals surface area contributed by atoms with Crippen LogP contribution in [0.2, 0.25) is 0 Å². The first kappa shape index (κ1) is 18.1. The highest BCUT2D eigenvalue weighted by Gasteiger charge is 2.42. The predicted octanol–water partition coefficient (Wildman–Crippen LogP) is 2.34. The number of carbonyl (C=O) groups excluding carboxylic acids is 2. The lowest BCUT2D eigenvalue weighted by atomic mass is 9.87. The molecule has 0 atom stereocenters. The third kappa shape index (κ3) is 3.94. The molecule has 1 fully saturated rings. The average Bonchev–Trinajstić information content (AvgIpc) is 3.18. The first-order valence-corrected chi connectivity index (χ1v) is 9.06. The Labute approximate surface area is 153 Å². The van der Waals surface area contributed by atoms with E-state index in [0.29, 0.717) is 30.6 Å². The van der Waals surface area contributed by atoms with Crippen LogP contribution in [0.25, 0.3) is 0 Å². The van der Waals surface area contributed by atoms with E-state index in [1.807, 2.05) is 37.4 Å². The molecule has 138 valence electrons. The molecular formula is C19H25N5O2. The molecule has 3 N–H and O–H groups in total. The molecule has 2 amide bonds. The van der Waals surface area contributed by atoms with Crippen LogP contribution >= 0.6 is 0 Å². The van der Waals surface area contributed by atoms with Gasteiger partial charge in [0.25, 0.3) is 5.91 Å². The van der Waals surface area contributed by atoms with E-state index in [2.05, 4.69) is 21.0 Å². The van der Waals surface area contributed by atoms with E-state index >= 15 is 0 Å². The average molecular weight is 355 g/mol. The first-order valence-electron chi connectivity index (χ1n) is 9.06. The van der Waals surface area contributed by atoms with Crippen molar-refractivity contribution in [2.45, 2.75) is 38.1 Å². The highest BCUT2D eigenvalue weighted by molar-refractivity contribution is 5.98. The SMILES string of the molecule is CCCC(=O)Nc1cccc(NC(=O)C2(n3cccn3)CCNCC2)c1. The Morgan fingerprint density at radius 3 is 2.58 bits per heavy atom. The molecule has 7 nitrogen and oxygen atoms in total. The van der Waals surface area contributed by atoms with Crippen LogP contribution in [0.5, 0.6) is 0 Å². The number of piperidine rings is 1. The van der Waals surface area contributed by atoms with Crippen LogP contribution in [0.1, 0.15) is 32.6 Å². The zero-order valence-electron chi connectivity index (χ0n) is 15.0. The molecule has 3 rings (SSSR count). The summed E-state index contributed by atoms with van der Waals surface area (Å²) in [5, 5.41) is 13.5. The van der Waals surface area contributed by atoms with Gasteiger partial charge in [-0.15, -0.1) is 0 Å². The maximum absolute atomic E-state index is 13.1. The Morgan fingerprint density at radius 2 is 1.92 bits per heavy atom. The molecule has 2 heterocycles. The van der Waals surface area contributed by atoms with E-state index in [1.54, 1.807) is 16.9 Å². The van der Waals surface area contributed by atoms with Gasteiger partial charge < -0.3 is 16.0 Å². The molecule has 26 heavy (non-hydrogen) atoms. The van der Waals surface area contributed by atoms with Crippen LogP contribution in [0.3, 0.4) is 0 Å². The molecule has 0 radical (unpaired) electrons. The van der Waals surface area contributed by atoms with E-state index in [1.165, 1.54) is 0 Å². The lowest BCUT2D eigenvalue weighted by Crippen LogP contribution is -2.52. The largest absolute Gasteiger partial charge is 0.326 e. The molecule has 1 saturated heterocycles. The molecule has 0 bridgehead atoms. The number of amides is 2. The quantitative estimate of drug-likeness (QED) is 0.742. The van der Waals surface area contributed by atoms with E-state index in [4.69, 9.17) is 0 Å². The van der Waals surface area contributed by atoms with Crippen molar-refractivity contribution in [3.05, 3.63) is 42.7 Å². The topological polar surface area (TPSA) is 88.1 Å². The van der Waals surface area contributed by atoms with Crippen molar-refractivity contribution in [1.82, 2.24) is 15.1 Å². The van der Waals surface area contributed by atoms with Gasteiger partial charge in [-0.25, -0.2) is 0 Å². The second kappa shape index (κ2) is 8.14. The molecule has 1 aromatic carbocycles. The van der Waals surface area contributed by atoms with Crippen molar-refractivity contribution >= 4 is 23.2 Å². The molecule has 1 aliphatic rings. The number of hydrogen-bond acceptors (Lipinski definition) is 4. The summed E-state index contributed by atoms with van der Waals surface area (Å²) in [5.74, 6) is -0.109. The monoisotopic (exact) mass is 355 g/mol. The van der Waals surface area contributed by atoms with Crippen molar-refractivity contribution in [2.24, 2.45) is 0 Å². The minimum Gasteiger partial charge on any atom is -0.326 e. The minimum absolute atomic E-state index is 0.0256. The smallest absolute Gasteiger partial charge is 0.252 e. The van der Waals surface area contributed by atoms with Crippen LogP contribution in [0.15, 0.2) is 42.7 Å². The molecule has 2 aromatic rings. The summed E-state index contributed by atoms with van der Waals surface area (Å²) in [6.45, 7) is 3.49. The summed E-state index contributed by atoms with van der Waals surface area (Å²) in [4.78, 5) is 24.9. The van der Waals surface area contributed by atoms with E-state index in [9.17, 15) is 9.59 Å². The Morgan fingerprint density at radius 1 is 1.19 bits per heavy atom. The van der Waals surface area contributed by atoms with Gasteiger partial charge in [-0.05, 0) is 56.6 Å². The van der Waals surface area contributed by atoms with Crippen LogP contribution in [0, 0.1) is 0 Å². The highest BCUT2D eigenvalue weighted by Crippen LogP contribution is 2.29. The van der Waals surface area contributed by atoms with Gasteiger partial charge in [0.05, 0.1) is 0 Å². The number of hydrogen-bond donors (Lipinski definition) is 3. The van der Waals surface area contributed by atoms with Crippen molar-refractivity contribution in [2.75, 3.05) is 23.7 Å². The summed E-state index contributed by atoms with van der Waals surface area (Å²) in [6, 6.07) is 9.08. The van der Waals surface area contributed by atoms with Crippen LogP contribution in [-0.2, 0) is 15.1 Å². The van der Waals surface area contributed by atoms with Crippen molar-refractivity contribution in [3.63, 3.8) is 0 Å². The second-order valence-corrected chi connectivity index (χ2v) is 6.57. The van der Waals surface area contributed by atoms with Gasteiger partial charge in [0.15, 0.2) is 0 Å². The normalized spacial score (nSPS) is 16.0. The first-order chi connectivity index (χ1) is 12.6. The number of carbonyl (C=O) groups is 2. The van der Waals surface area contributed by atoms with Gasteiger partial charge in [0, 0.05) is 30.2 Å². The molecular weight excluding hydrogens is 330 g/mol. The summed E-state index contributed by atoms with van der Waals surface area (Å²) in [7, 11) is 0. The summed E-state index contributed by atoms with van der Waals surface area (Å²) >= 11 is 0. The van der Waals surface area contributed by atoms with Crippen LogP contribution < -0.4 is 16.0 Å². The summed E-state index contributed by atoms with van der Waals surface area (Å²) < 4.78 is 1.76. The molecule has 1 aliphatic heterocycles. The molecule has 0 saturated carbocycles. The molecule has 7 heteroatoms. The van der Waals surface area contributed by atoms with E-state index < -0.39 is 5.54 Å². The van der Waals surface area contributed by atoms with Gasteiger partial charge in [0.1, 0.15) is 5.54 Å². The fourth-order valence-electron chi connectivity index (χ4n) is 3.30. The molecule has 1 aromatic heterocycles. The lowest BCUT2D eigenvalue weighted by Gasteiger charge is -2.36. The maximum Gasteiger partial charge on any atom is 0.252 e. The number of aromatic nitrogens is 2. The third-order valence-corrected chi connectivity index (χ3v) is 4.68. The predicted molar refractivity (Wildman–Crippen MR) is 101 cm³/mol. The molecule has 0 unspecified atom stereocenters. The Hall–Kier alpha value is -2.67. The number of nitrogens with one attached hydrogen (secondary N) is 3. The highest BCUT2D eigenvalue weighted by atomic mass is 16.2. The number of rotatable bonds is 6. The van der Waals surface area contributed by atoms with E-state index in [0.717, 1.165) is 19.5 Å². The zero-order chi connectivity index (χ0) is 18.4. The van der Waals surface area contributed by atoms with Gasteiger partial charge in [-0.3, -0.25) is 14.3 Å². The van der Waals surface area contributed by atoms with Gasteiger partial charge in [-0.2, -0.15) is 5.10 Å². The van der Waals surface area contributed by atoms with Crippen molar-refractivity contribution < 1.29 is 9.59 Å². The molecule has 0 spiro atoms. The van der Waals surface area contributed by atoms with Gasteiger partial charge >= 0.3 is 0 Å². The Balaban J connectivity index is 1.77. The van der Waals surface area contributed by atoms with E-state index in [-0.39, 0.29) is 11.8 Å². The summed E-state index contributed by atoms with van der Waals surface area (Å²) in [5.41, 5.74) is 0.644. The fraction of sp³-hybridized carbons (Fsp3) is 0.421. The fourth-order valence-corrected chi connectivity index (χ4v) is 3.30. The van der Waals surface area contributed by atoms with Crippen LogP contribution in [-0.4, -0.2) is 34.7 Å². The van der Waals surface area contributed by atoms with Crippen molar-refractivity contribution in [1.29, 1.82) is 0 Å². The Kier molecular flexibility index (Phi) is 5.68. The lowest BCUT2D eigenvalue weighted by molar-refractivity contribution is -0.126. The van der Waals surface area contributed by atoms with Crippen LogP contribution in [0.4, 0.5) is 11.4 Å². The second-order valence-electron chi connectivity index (χ2n) is 6.57. The third-order valence-electron chi connectivity index (χ3n) is 4.68. The van der Waals surface area contributed by atoms with Gasteiger partial charge in [-0.1, -0.05) is 13.0 Å². The number of nitrogens with zero attached hydrogens (tertiary/aromatic N) is 2. The Bertz CT molecular complexity index is 751. The summed E-state index contributed by atoms with van der Waals surface area (Å²) in [6.07, 6.45) is 6.16. The maximum atomic E-state index is 13.1. The zero-order valence-corrected chi connectivity index (χ0v) is 15.0. The van der Waals surface area contributed by atoms with Crippen molar-refractivity contribution in [3.8, 4) is 0 Å². The standard InChI is InChI=1S/C19H25N5O2/c1-2-5-17(25)22-15-6-3-7-16(14-15)23-18(26)19(8-11-20-12-9-19)24-13-4-10-21-24/h3-4,6-7,10,13-14,20H,2,5,8-9,11-12H2,1H3,(H,22,25)(H,23,26). The minimum atomic E-state index is -0.698.